The van der Waals surface area contributed by atoms with Gasteiger partial charge in [0.1, 0.15) is 17.2 Å². The van der Waals surface area contributed by atoms with Crippen LogP contribution in [0.2, 0.25) is 0 Å². The van der Waals surface area contributed by atoms with Crippen molar-refractivity contribution in [1.29, 1.82) is 0 Å². The molecule has 0 bridgehead atoms. The molecule has 0 aliphatic carbocycles. The second kappa shape index (κ2) is 4.85. The molecule has 0 fully saturated rings. The van der Waals surface area contributed by atoms with Crippen LogP contribution in [0.4, 0.5) is 10.1 Å². The zero-order valence-electron chi connectivity index (χ0n) is 9.88. The van der Waals surface area contributed by atoms with E-state index in [2.05, 4.69) is 9.97 Å². The summed E-state index contributed by atoms with van der Waals surface area (Å²) >= 11 is 1.27. The molecule has 94 valence electrons. The van der Waals surface area contributed by atoms with E-state index in [-0.39, 0.29) is 5.82 Å². The van der Waals surface area contributed by atoms with Gasteiger partial charge in [0.05, 0.1) is 5.52 Å². The number of halogens is 1. The molecule has 0 aliphatic rings. The monoisotopic (exact) mass is 271 g/mol. The van der Waals surface area contributed by atoms with Crippen molar-refractivity contribution in [3.05, 3.63) is 54.6 Å². The Morgan fingerprint density at radius 1 is 1.05 bits per heavy atom. The lowest BCUT2D eigenvalue weighted by atomic mass is 10.2. The van der Waals surface area contributed by atoms with E-state index >= 15 is 0 Å². The minimum Gasteiger partial charge on any atom is -0.399 e. The van der Waals surface area contributed by atoms with Crippen molar-refractivity contribution < 1.29 is 4.39 Å². The van der Waals surface area contributed by atoms with E-state index in [1.54, 1.807) is 30.3 Å². The molecule has 3 rings (SSSR count). The summed E-state index contributed by atoms with van der Waals surface area (Å²) < 4.78 is 13.7. The molecule has 0 saturated heterocycles. The van der Waals surface area contributed by atoms with Gasteiger partial charge in [0.2, 0.25) is 0 Å². The highest BCUT2D eigenvalue weighted by Gasteiger charge is 2.08. The van der Waals surface area contributed by atoms with Crippen LogP contribution < -0.4 is 5.73 Å². The number of anilines is 1. The minimum absolute atomic E-state index is 0.261. The van der Waals surface area contributed by atoms with Crippen LogP contribution in [0.3, 0.4) is 0 Å². The Kier molecular flexibility index (Phi) is 3.05. The third-order valence-electron chi connectivity index (χ3n) is 2.67. The van der Waals surface area contributed by atoms with E-state index in [9.17, 15) is 4.39 Å². The molecule has 0 spiro atoms. The summed E-state index contributed by atoms with van der Waals surface area (Å²) in [6.45, 7) is 0. The summed E-state index contributed by atoms with van der Waals surface area (Å²) in [5.74, 6) is -0.261. The molecule has 19 heavy (non-hydrogen) atoms. The Morgan fingerprint density at radius 3 is 2.74 bits per heavy atom. The summed E-state index contributed by atoms with van der Waals surface area (Å²) in [5, 5.41) is 1.53. The smallest absolute Gasteiger partial charge is 0.137 e. The average molecular weight is 271 g/mol. The first-order valence-electron chi connectivity index (χ1n) is 5.66. The van der Waals surface area contributed by atoms with Gasteiger partial charge in [0, 0.05) is 16.0 Å². The molecule has 2 aromatic carbocycles. The maximum Gasteiger partial charge on any atom is 0.137 e. The molecular formula is C14H10FN3S. The summed E-state index contributed by atoms with van der Waals surface area (Å²) in [4.78, 5) is 8.92. The number of fused-ring (bicyclic) bond motifs is 1. The number of nitrogens with zero attached hydrogens (tertiary/aromatic N) is 2. The van der Waals surface area contributed by atoms with Gasteiger partial charge in [-0.1, -0.05) is 23.9 Å². The summed E-state index contributed by atoms with van der Waals surface area (Å²) in [6, 6.07) is 12.0. The number of nitrogens with two attached hydrogens (primary N) is 1. The molecule has 0 saturated carbocycles. The number of rotatable bonds is 2. The molecule has 0 amide bonds. The first kappa shape index (κ1) is 11.9. The van der Waals surface area contributed by atoms with Crippen LogP contribution >= 0.6 is 11.8 Å². The van der Waals surface area contributed by atoms with Gasteiger partial charge in [0.15, 0.2) is 0 Å². The van der Waals surface area contributed by atoms with Crippen molar-refractivity contribution >= 4 is 28.4 Å². The number of hydrogen-bond acceptors (Lipinski definition) is 4. The second-order valence-electron chi connectivity index (χ2n) is 3.99. The van der Waals surface area contributed by atoms with Gasteiger partial charge in [-0.15, -0.1) is 0 Å². The van der Waals surface area contributed by atoms with Crippen molar-refractivity contribution in [2.45, 2.75) is 9.92 Å². The Balaban J connectivity index is 2.10. The summed E-state index contributed by atoms with van der Waals surface area (Å²) in [7, 11) is 0. The molecule has 0 aliphatic heterocycles. The highest BCUT2D eigenvalue weighted by Crippen LogP contribution is 2.33. The van der Waals surface area contributed by atoms with Crippen LogP contribution in [-0.4, -0.2) is 9.97 Å². The third kappa shape index (κ3) is 2.37. The molecule has 0 radical (unpaired) electrons. The van der Waals surface area contributed by atoms with Crippen molar-refractivity contribution in [1.82, 2.24) is 9.97 Å². The predicted molar refractivity (Wildman–Crippen MR) is 74.5 cm³/mol. The number of aromatic nitrogens is 2. The Labute approximate surface area is 113 Å². The van der Waals surface area contributed by atoms with Gasteiger partial charge in [-0.3, -0.25) is 0 Å². The zero-order valence-corrected chi connectivity index (χ0v) is 10.7. The number of hydrogen-bond donors (Lipinski definition) is 1. The molecule has 3 nitrogen and oxygen atoms in total. The Hall–Kier alpha value is -2.14. The molecule has 2 N–H and O–H groups in total. The molecule has 5 heteroatoms. The van der Waals surface area contributed by atoms with Crippen LogP contribution in [0, 0.1) is 5.82 Å². The normalized spacial score (nSPS) is 10.8. The summed E-state index contributed by atoms with van der Waals surface area (Å²) in [6.07, 6.45) is 1.47. The lowest BCUT2D eigenvalue weighted by Gasteiger charge is -2.06. The molecule has 0 unspecified atom stereocenters. The van der Waals surface area contributed by atoms with Gasteiger partial charge >= 0.3 is 0 Å². The van der Waals surface area contributed by atoms with Crippen molar-refractivity contribution in [3.63, 3.8) is 0 Å². The predicted octanol–water partition coefficient (Wildman–Crippen LogP) is 3.50. The van der Waals surface area contributed by atoms with E-state index in [4.69, 9.17) is 5.73 Å². The lowest BCUT2D eigenvalue weighted by Crippen LogP contribution is -1.90. The molecule has 1 aromatic heterocycles. The van der Waals surface area contributed by atoms with Crippen LogP contribution in [0.5, 0.6) is 0 Å². The fourth-order valence-electron chi connectivity index (χ4n) is 1.76. The Morgan fingerprint density at radius 2 is 1.89 bits per heavy atom. The minimum atomic E-state index is -0.261. The SMILES string of the molecule is Nc1ccc2ncnc(Sc3ccccc3F)c2c1. The van der Waals surface area contributed by atoms with E-state index in [0.717, 1.165) is 10.9 Å². The first-order chi connectivity index (χ1) is 9.24. The molecule has 3 aromatic rings. The fourth-order valence-corrected chi connectivity index (χ4v) is 2.66. The van der Waals surface area contributed by atoms with E-state index < -0.39 is 0 Å². The largest absolute Gasteiger partial charge is 0.399 e. The zero-order chi connectivity index (χ0) is 13.2. The maximum atomic E-state index is 13.7. The van der Waals surface area contributed by atoms with Crippen LogP contribution in [0.1, 0.15) is 0 Å². The maximum absolute atomic E-state index is 13.7. The highest BCUT2D eigenvalue weighted by molar-refractivity contribution is 7.99. The first-order valence-corrected chi connectivity index (χ1v) is 6.48. The lowest BCUT2D eigenvalue weighted by molar-refractivity contribution is 0.602. The molecular weight excluding hydrogens is 261 g/mol. The van der Waals surface area contributed by atoms with E-state index in [1.165, 1.54) is 24.2 Å². The van der Waals surface area contributed by atoms with Crippen LogP contribution in [0.25, 0.3) is 10.9 Å². The highest BCUT2D eigenvalue weighted by atomic mass is 32.2. The van der Waals surface area contributed by atoms with E-state index in [0.29, 0.717) is 15.6 Å². The van der Waals surface area contributed by atoms with Crippen molar-refractivity contribution in [2.24, 2.45) is 0 Å². The average Bonchev–Trinajstić information content (AvgIpc) is 2.42. The molecule has 0 atom stereocenters. The molecule has 1 heterocycles. The fraction of sp³-hybridized carbons (Fsp3) is 0. The summed E-state index contributed by atoms with van der Waals surface area (Å²) in [5.41, 5.74) is 7.21. The standard InChI is InChI=1S/C14H10FN3S/c15-11-3-1-2-4-13(11)19-14-10-7-9(16)5-6-12(10)17-8-18-14/h1-8H,16H2. The van der Waals surface area contributed by atoms with Gasteiger partial charge < -0.3 is 5.73 Å². The van der Waals surface area contributed by atoms with Crippen molar-refractivity contribution in [2.75, 3.05) is 5.73 Å². The van der Waals surface area contributed by atoms with Crippen molar-refractivity contribution in [3.8, 4) is 0 Å². The number of nitrogen functional groups attached to an aromatic ring is 1. The van der Waals surface area contributed by atoms with Gasteiger partial charge in [-0.2, -0.15) is 0 Å². The van der Waals surface area contributed by atoms with E-state index in [1.807, 2.05) is 6.07 Å². The third-order valence-corrected chi connectivity index (χ3v) is 3.74. The quantitative estimate of drug-likeness (QED) is 0.572. The van der Waals surface area contributed by atoms with Gasteiger partial charge in [-0.05, 0) is 30.3 Å². The second-order valence-corrected chi connectivity index (χ2v) is 5.02. The number of benzene rings is 2. The van der Waals surface area contributed by atoms with Gasteiger partial charge in [0.25, 0.3) is 0 Å². The van der Waals surface area contributed by atoms with Gasteiger partial charge in [-0.25, -0.2) is 14.4 Å². The Bertz CT molecular complexity index is 746. The van der Waals surface area contributed by atoms with Crippen LogP contribution in [0.15, 0.2) is 58.7 Å². The topological polar surface area (TPSA) is 51.8 Å². The van der Waals surface area contributed by atoms with Crippen LogP contribution in [-0.2, 0) is 0 Å².